The molecule has 0 saturated carbocycles. The molecular weight excluding hydrogens is 238 g/mol. The second-order valence-corrected chi connectivity index (χ2v) is 5.68. The van der Waals surface area contributed by atoms with Crippen LogP contribution < -0.4 is 4.74 Å². The van der Waals surface area contributed by atoms with Gasteiger partial charge in [-0.3, -0.25) is 4.79 Å². The van der Waals surface area contributed by atoms with E-state index in [4.69, 9.17) is 4.74 Å². The molecule has 0 bridgehead atoms. The van der Waals surface area contributed by atoms with Gasteiger partial charge >= 0.3 is 0 Å². The molecule has 1 saturated heterocycles. The van der Waals surface area contributed by atoms with Crippen LogP contribution in [0.15, 0.2) is 11.4 Å². The molecule has 17 heavy (non-hydrogen) atoms. The van der Waals surface area contributed by atoms with Gasteiger partial charge < -0.3 is 14.7 Å². The number of methoxy groups -OCH3 is 1. The first kappa shape index (κ1) is 12.4. The topological polar surface area (TPSA) is 49.8 Å². The molecule has 1 N–H and O–H groups in total. The lowest BCUT2D eigenvalue weighted by molar-refractivity contribution is -0.110. The van der Waals surface area contributed by atoms with Crippen LogP contribution in [0, 0.1) is 5.92 Å². The molecule has 0 atom stereocenters. The van der Waals surface area contributed by atoms with E-state index in [1.54, 1.807) is 18.1 Å². The lowest BCUT2D eigenvalue weighted by atomic mass is 9.83. The lowest BCUT2D eigenvalue weighted by Crippen LogP contribution is -2.65. The first-order valence-electron chi connectivity index (χ1n) is 5.60. The second-order valence-electron chi connectivity index (χ2n) is 4.77. The third kappa shape index (κ3) is 2.17. The molecule has 2 rings (SSSR count). The molecule has 1 aliphatic heterocycles. The number of hydrogen-bond donors (Lipinski definition) is 1. The molecule has 0 spiro atoms. The van der Waals surface area contributed by atoms with Gasteiger partial charge in [0, 0.05) is 11.4 Å². The van der Waals surface area contributed by atoms with Crippen molar-refractivity contribution in [2.45, 2.75) is 19.4 Å². The van der Waals surface area contributed by atoms with Crippen molar-refractivity contribution in [1.29, 1.82) is 0 Å². The molecule has 0 aromatic carbocycles. The summed E-state index contributed by atoms with van der Waals surface area (Å²) in [6, 6.07) is 1.74. The van der Waals surface area contributed by atoms with E-state index in [1.807, 2.05) is 19.2 Å². The Hall–Kier alpha value is -1.07. The van der Waals surface area contributed by atoms with E-state index in [0.29, 0.717) is 23.7 Å². The fourth-order valence-electron chi connectivity index (χ4n) is 1.82. The molecule has 1 aromatic heterocycles. The molecule has 1 fully saturated rings. The molecule has 5 heteroatoms. The number of rotatable bonds is 3. The molecule has 0 radical (unpaired) electrons. The third-order valence-electron chi connectivity index (χ3n) is 3.31. The van der Waals surface area contributed by atoms with E-state index in [0.717, 1.165) is 0 Å². The summed E-state index contributed by atoms with van der Waals surface area (Å²) in [6.45, 7) is 4.78. The van der Waals surface area contributed by atoms with Crippen molar-refractivity contribution in [3.63, 3.8) is 0 Å². The summed E-state index contributed by atoms with van der Waals surface area (Å²) in [4.78, 5) is 14.4. The molecule has 1 aromatic rings. The number of hydrogen-bond acceptors (Lipinski definition) is 4. The van der Waals surface area contributed by atoms with Crippen LogP contribution in [0.25, 0.3) is 0 Å². The minimum absolute atomic E-state index is 0.0244. The SMILES string of the molecule is COc1csc(C(=O)N2CC(O)(C(C)C)C2)c1. The Kier molecular flexibility index (Phi) is 3.14. The van der Waals surface area contributed by atoms with Gasteiger partial charge in [-0.2, -0.15) is 0 Å². The van der Waals surface area contributed by atoms with Crippen LogP contribution in [-0.4, -0.2) is 41.7 Å². The summed E-state index contributed by atoms with van der Waals surface area (Å²) in [6.07, 6.45) is 0. The Labute approximate surface area is 105 Å². The highest BCUT2D eigenvalue weighted by Gasteiger charge is 2.46. The fourth-order valence-corrected chi connectivity index (χ4v) is 2.64. The van der Waals surface area contributed by atoms with Crippen molar-refractivity contribution >= 4 is 17.2 Å². The van der Waals surface area contributed by atoms with E-state index in [9.17, 15) is 9.90 Å². The summed E-state index contributed by atoms with van der Waals surface area (Å²) < 4.78 is 5.05. The zero-order chi connectivity index (χ0) is 12.6. The Bertz CT molecular complexity index is 421. The van der Waals surface area contributed by atoms with Crippen LogP contribution in [0.5, 0.6) is 5.75 Å². The van der Waals surface area contributed by atoms with Crippen LogP contribution in [0.2, 0.25) is 0 Å². The van der Waals surface area contributed by atoms with E-state index in [1.165, 1.54) is 11.3 Å². The predicted octanol–water partition coefficient (Wildman–Crippen LogP) is 1.60. The van der Waals surface area contributed by atoms with Crippen molar-refractivity contribution in [2.75, 3.05) is 20.2 Å². The highest BCUT2D eigenvalue weighted by atomic mass is 32.1. The highest BCUT2D eigenvalue weighted by Crippen LogP contribution is 2.31. The number of likely N-dealkylation sites (tertiary alicyclic amines) is 1. The van der Waals surface area contributed by atoms with Gasteiger partial charge in [0.15, 0.2) is 0 Å². The minimum Gasteiger partial charge on any atom is -0.496 e. The predicted molar refractivity (Wildman–Crippen MR) is 66.6 cm³/mol. The van der Waals surface area contributed by atoms with Gasteiger partial charge in [-0.15, -0.1) is 11.3 Å². The molecule has 4 nitrogen and oxygen atoms in total. The third-order valence-corrected chi connectivity index (χ3v) is 4.21. The maximum absolute atomic E-state index is 12.0. The first-order chi connectivity index (χ1) is 7.96. The van der Waals surface area contributed by atoms with Gasteiger partial charge in [-0.05, 0) is 5.92 Å². The van der Waals surface area contributed by atoms with Crippen molar-refractivity contribution < 1.29 is 14.6 Å². The van der Waals surface area contributed by atoms with Gasteiger partial charge in [-0.1, -0.05) is 13.8 Å². The van der Waals surface area contributed by atoms with E-state index in [-0.39, 0.29) is 11.8 Å². The number of nitrogens with zero attached hydrogens (tertiary/aromatic N) is 1. The van der Waals surface area contributed by atoms with E-state index < -0.39 is 5.60 Å². The summed E-state index contributed by atoms with van der Waals surface area (Å²) in [5.41, 5.74) is -0.711. The lowest BCUT2D eigenvalue weighted by Gasteiger charge is -2.48. The highest BCUT2D eigenvalue weighted by molar-refractivity contribution is 7.12. The van der Waals surface area contributed by atoms with Gasteiger partial charge in [0.25, 0.3) is 5.91 Å². The van der Waals surface area contributed by atoms with Crippen molar-refractivity contribution in [3.8, 4) is 5.75 Å². The molecule has 0 unspecified atom stereocenters. The zero-order valence-electron chi connectivity index (χ0n) is 10.3. The van der Waals surface area contributed by atoms with Crippen molar-refractivity contribution in [2.24, 2.45) is 5.92 Å². The standard InChI is InChI=1S/C12H17NO3S/c1-8(2)12(15)6-13(7-12)11(14)10-4-9(16-3)5-17-10/h4-5,8,15H,6-7H2,1-3H3. The molecule has 2 heterocycles. The average molecular weight is 255 g/mol. The molecule has 1 aliphatic rings. The number of amides is 1. The quantitative estimate of drug-likeness (QED) is 0.892. The molecular formula is C12H17NO3S. The van der Waals surface area contributed by atoms with Crippen LogP contribution in [0.1, 0.15) is 23.5 Å². The maximum Gasteiger partial charge on any atom is 0.264 e. The molecule has 94 valence electrons. The van der Waals surface area contributed by atoms with Crippen molar-refractivity contribution in [1.82, 2.24) is 4.90 Å². The normalized spacial score (nSPS) is 18.1. The summed E-state index contributed by atoms with van der Waals surface area (Å²) >= 11 is 1.37. The van der Waals surface area contributed by atoms with E-state index in [2.05, 4.69) is 0 Å². The second kappa shape index (κ2) is 4.31. The van der Waals surface area contributed by atoms with Crippen LogP contribution >= 0.6 is 11.3 Å². The van der Waals surface area contributed by atoms with Gasteiger partial charge in [-0.25, -0.2) is 0 Å². The fraction of sp³-hybridized carbons (Fsp3) is 0.583. The smallest absolute Gasteiger partial charge is 0.264 e. The van der Waals surface area contributed by atoms with Crippen LogP contribution in [0.4, 0.5) is 0 Å². The maximum atomic E-state index is 12.0. The summed E-state index contributed by atoms with van der Waals surface area (Å²) in [5.74, 6) is 0.853. The number of aliphatic hydroxyl groups is 1. The van der Waals surface area contributed by atoms with Gasteiger partial charge in [0.1, 0.15) is 11.4 Å². The number of carbonyl (C=O) groups is 1. The summed E-state index contributed by atoms with van der Waals surface area (Å²) in [7, 11) is 1.58. The van der Waals surface area contributed by atoms with E-state index >= 15 is 0 Å². The van der Waals surface area contributed by atoms with Crippen molar-refractivity contribution in [3.05, 3.63) is 16.3 Å². The Morgan fingerprint density at radius 2 is 2.24 bits per heavy atom. The zero-order valence-corrected chi connectivity index (χ0v) is 11.1. The number of carbonyl (C=O) groups excluding carboxylic acids is 1. The summed E-state index contributed by atoms with van der Waals surface area (Å²) in [5, 5.41) is 11.9. The monoisotopic (exact) mass is 255 g/mol. The number of β-amino-alcohol motifs (C(OH)–C–C–N with tert-alkyl or cyclic N) is 1. The minimum atomic E-state index is -0.711. The molecule has 1 amide bonds. The molecule has 0 aliphatic carbocycles. The number of ether oxygens (including phenoxy) is 1. The Morgan fingerprint density at radius 3 is 2.71 bits per heavy atom. The van der Waals surface area contributed by atoms with Gasteiger partial charge in [0.05, 0.1) is 25.1 Å². The van der Waals surface area contributed by atoms with Crippen LogP contribution in [-0.2, 0) is 0 Å². The average Bonchev–Trinajstić information content (AvgIpc) is 2.71. The Balaban J connectivity index is 2.00. The first-order valence-corrected chi connectivity index (χ1v) is 6.48. The number of thiophene rings is 1. The van der Waals surface area contributed by atoms with Crippen LogP contribution in [0.3, 0.4) is 0 Å². The largest absolute Gasteiger partial charge is 0.496 e. The Morgan fingerprint density at radius 1 is 1.59 bits per heavy atom. The van der Waals surface area contributed by atoms with Gasteiger partial charge in [0.2, 0.25) is 0 Å².